The zero-order valence-corrected chi connectivity index (χ0v) is 19.0. The minimum atomic E-state index is -0.461. The second kappa shape index (κ2) is 8.26. The number of hydrogen-bond donors (Lipinski definition) is 0. The second-order valence-electron chi connectivity index (χ2n) is 8.66. The van der Waals surface area contributed by atoms with Crippen molar-refractivity contribution >= 4 is 17.3 Å². The molecular formula is C20H32INO2S. The molecule has 0 radical (unpaired) electrons. The number of hydrogen-bond acceptors (Lipinski definition) is 3. The number of nitrogens with zero attached hydrogens (tertiary/aromatic N) is 1. The number of halogens is 1. The number of esters is 1. The third-order valence-corrected chi connectivity index (χ3v) is 7.51. The molecule has 5 heteroatoms. The minimum Gasteiger partial charge on any atom is -1.00 e. The first kappa shape index (κ1) is 21.2. The zero-order chi connectivity index (χ0) is 17.4. The molecule has 0 N–H and O–H groups in total. The Kier molecular flexibility index (Phi) is 6.99. The summed E-state index contributed by atoms with van der Waals surface area (Å²) in [5.74, 6) is 0.451. The zero-order valence-electron chi connectivity index (χ0n) is 16.0. The first-order chi connectivity index (χ1) is 11.3. The molecule has 2 fully saturated rings. The van der Waals surface area contributed by atoms with E-state index >= 15 is 0 Å². The van der Waals surface area contributed by atoms with Gasteiger partial charge in [-0.3, -0.25) is 4.79 Å². The molecule has 0 amide bonds. The highest BCUT2D eigenvalue weighted by Gasteiger charge is 2.47. The number of quaternary nitrogens is 1. The summed E-state index contributed by atoms with van der Waals surface area (Å²) in [6, 6.07) is 2.20. The van der Waals surface area contributed by atoms with Gasteiger partial charge in [0, 0.05) is 17.7 Å². The van der Waals surface area contributed by atoms with Crippen LogP contribution in [-0.4, -0.2) is 43.7 Å². The van der Waals surface area contributed by atoms with Crippen LogP contribution in [0.1, 0.15) is 55.9 Å². The molecule has 1 aromatic heterocycles. The molecule has 2 aliphatic rings. The van der Waals surface area contributed by atoms with Gasteiger partial charge in [-0.1, -0.05) is 12.8 Å². The second-order valence-corrected chi connectivity index (χ2v) is 9.57. The molecule has 1 aliphatic carbocycles. The van der Waals surface area contributed by atoms with E-state index in [4.69, 9.17) is 4.74 Å². The lowest BCUT2D eigenvalue weighted by Crippen LogP contribution is -3.00. The van der Waals surface area contributed by atoms with Crippen molar-refractivity contribution in [1.29, 1.82) is 0 Å². The third-order valence-electron chi connectivity index (χ3n) is 6.22. The molecule has 0 aromatic carbocycles. The SMILES string of the molecule is Cc1csc(C(C)(C(=O)OC2CC[N+](C)(C)CC2)C2CCCC2)c1.[I-]. The molecule has 1 unspecified atom stereocenters. The monoisotopic (exact) mass is 477 g/mol. The first-order valence-corrected chi connectivity index (χ1v) is 10.3. The van der Waals surface area contributed by atoms with Gasteiger partial charge in [-0.05, 0) is 49.6 Å². The lowest BCUT2D eigenvalue weighted by Gasteiger charge is -2.39. The summed E-state index contributed by atoms with van der Waals surface area (Å²) in [4.78, 5) is 14.5. The number of aryl methyl sites for hydroxylation is 1. The van der Waals surface area contributed by atoms with Gasteiger partial charge < -0.3 is 33.2 Å². The Morgan fingerprint density at radius 1 is 1.20 bits per heavy atom. The van der Waals surface area contributed by atoms with Crippen molar-refractivity contribution in [2.24, 2.45) is 5.92 Å². The van der Waals surface area contributed by atoms with Crippen molar-refractivity contribution in [1.82, 2.24) is 0 Å². The highest BCUT2D eigenvalue weighted by molar-refractivity contribution is 7.10. The number of ether oxygens (including phenoxy) is 1. The molecule has 3 nitrogen and oxygen atoms in total. The first-order valence-electron chi connectivity index (χ1n) is 9.40. The summed E-state index contributed by atoms with van der Waals surface area (Å²) in [6.07, 6.45) is 6.87. The number of piperidine rings is 1. The molecule has 3 rings (SSSR count). The Morgan fingerprint density at radius 2 is 1.80 bits per heavy atom. The summed E-state index contributed by atoms with van der Waals surface area (Å²) in [7, 11) is 4.52. The lowest BCUT2D eigenvalue weighted by molar-refractivity contribution is -0.896. The van der Waals surface area contributed by atoms with E-state index in [0.717, 1.165) is 43.3 Å². The van der Waals surface area contributed by atoms with Crippen LogP contribution in [0.25, 0.3) is 0 Å². The number of likely N-dealkylation sites (tertiary alicyclic amines) is 1. The van der Waals surface area contributed by atoms with Crippen LogP contribution in [0.15, 0.2) is 11.4 Å². The summed E-state index contributed by atoms with van der Waals surface area (Å²) in [5.41, 5.74) is 0.792. The molecule has 1 saturated heterocycles. The molecule has 25 heavy (non-hydrogen) atoms. The Labute approximate surface area is 173 Å². The normalized spacial score (nSPS) is 23.7. The van der Waals surface area contributed by atoms with Crippen LogP contribution >= 0.6 is 11.3 Å². The van der Waals surface area contributed by atoms with Crippen LogP contribution in [0.4, 0.5) is 0 Å². The van der Waals surface area contributed by atoms with Gasteiger partial charge in [-0.25, -0.2) is 0 Å². The van der Waals surface area contributed by atoms with Gasteiger partial charge in [0.15, 0.2) is 0 Å². The fourth-order valence-electron chi connectivity index (χ4n) is 4.31. The molecule has 0 bridgehead atoms. The largest absolute Gasteiger partial charge is 1.00 e. The van der Waals surface area contributed by atoms with E-state index in [1.807, 2.05) is 0 Å². The van der Waals surface area contributed by atoms with E-state index < -0.39 is 5.41 Å². The molecule has 1 aliphatic heterocycles. The van der Waals surface area contributed by atoms with Crippen LogP contribution in [0.5, 0.6) is 0 Å². The van der Waals surface area contributed by atoms with E-state index in [1.165, 1.54) is 23.3 Å². The number of thiophene rings is 1. The average Bonchev–Trinajstić information content (AvgIpc) is 3.20. The molecule has 142 valence electrons. The predicted octanol–water partition coefficient (Wildman–Crippen LogP) is 1.29. The fraction of sp³-hybridized carbons (Fsp3) is 0.750. The molecule has 1 aromatic rings. The van der Waals surface area contributed by atoms with Crippen molar-refractivity contribution in [2.45, 2.75) is 63.9 Å². The standard InChI is InChI=1S/C20H32NO2S.HI/c1-15-13-18(24-14-15)20(2,16-7-5-6-8-16)19(22)23-17-9-11-21(3,4)12-10-17;/h13-14,16-17H,5-12H2,1-4H3;1H/q+1;/p-1. The lowest BCUT2D eigenvalue weighted by atomic mass is 9.74. The van der Waals surface area contributed by atoms with Crippen molar-refractivity contribution in [3.05, 3.63) is 21.9 Å². The molecule has 1 atom stereocenters. The van der Waals surface area contributed by atoms with Crippen LogP contribution in [0.2, 0.25) is 0 Å². The maximum absolute atomic E-state index is 13.3. The maximum Gasteiger partial charge on any atom is 0.317 e. The van der Waals surface area contributed by atoms with Crippen molar-refractivity contribution in [3.63, 3.8) is 0 Å². The predicted molar refractivity (Wildman–Crippen MR) is 99.3 cm³/mol. The van der Waals surface area contributed by atoms with Crippen molar-refractivity contribution in [3.8, 4) is 0 Å². The van der Waals surface area contributed by atoms with Crippen molar-refractivity contribution in [2.75, 3.05) is 27.2 Å². The average molecular weight is 477 g/mol. The fourth-order valence-corrected chi connectivity index (χ4v) is 5.44. The van der Waals surface area contributed by atoms with E-state index in [2.05, 4.69) is 39.4 Å². The van der Waals surface area contributed by atoms with Gasteiger partial charge in [0.25, 0.3) is 0 Å². The van der Waals surface area contributed by atoms with Gasteiger partial charge in [0.2, 0.25) is 0 Å². The topological polar surface area (TPSA) is 26.3 Å². The summed E-state index contributed by atoms with van der Waals surface area (Å²) >= 11 is 1.73. The highest BCUT2D eigenvalue weighted by atomic mass is 127. The molecule has 1 saturated carbocycles. The van der Waals surface area contributed by atoms with E-state index in [0.29, 0.717) is 5.92 Å². The third kappa shape index (κ3) is 4.59. The summed E-state index contributed by atoms with van der Waals surface area (Å²) in [6.45, 7) is 6.44. The maximum atomic E-state index is 13.3. The Bertz CT molecular complexity index is 584. The quantitative estimate of drug-likeness (QED) is 0.371. The van der Waals surface area contributed by atoms with Crippen LogP contribution < -0.4 is 24.0 Å². The Balaban J connectivity index is 0.00000225. The molecular weight excluding hydrogens is 445 g/mol. The number of carbonyl (C=O) groups excluding carboxylic acids is 1. The smallest absolute Gasteiger partial charge is 0.317 e. The van der Waals surface area contributed by atoms with E-state index in [9.17, 15) is 4.79 Å². The van der Waals surface area contributed by atoms with E-state index in [1.54, 1.807) is 11.3 Å². The number of carbonyl (C=O) groups is 1. The van der Waals surface area contributed by atoms with Gasteiger partial charge in [0.1, 0.15) is 11.5 Å². The Morgan fingerprint density at radius 3 is 2.32 bits per heavy atom. The van der Waals surface area contributed by atoms with Gasteiger partial charge in [-0.15, -0.1) is 11.3 Å². The van der Waals surface area contributed by atoms with Gasteiger partial charge in [0.05, 0.1) is 27.2 Å². The Hall–Kier alpha value is -0.140. The van der Waals surface area contributed by atoms with Crippen LogP contribution in [-0.2, 0) is 14.9 Å². The van der Waals surface area contributed by atoms with E-state index in [-0.39, 0.29) is 36.0 Å². The molecule has 0 spiro atoms. The van der Waals surface area contributed by atoms with Crippen LogP contribution in [0.3, 0.4) is 0 Å². The van der Waals surface area contributed by atoms with Gasteiger partial charge >= 0.3 is 5.97 Å². The summed E-state index contributed by atoms with van der Waals surface area (Å²) in [5, 5.41) is 2.16. The minimum absolute atomic E-state index is 0. The van der Waals surface area contributed by atoms with Gasteiger partial charge in [-0.2, -0.15) is 0 Å². The highest BCUT2D eigenvalue weighted by Crippen LogP contribution is 2.45. The summed E-state index contributed by atoms with van der Waals surface area (Å²) < 4.78 is 7.12. The van der Waals surface area contributed by atoms with Crippen LogP contribution in [0, 0.1) is 12.8 Å². The number of rotatable bonds is 4. The molecule has 2 heterocycles. The van der Waals surface area contributed by atoms with Crippen molar-refractivity contribution < 1.29 is 38.0 Å².